The molecule has 0 fully saturated rings. The van der Waals surface area contributed by atoms with E-state index in [0.29, 0.717) is 46.9 Å². The van der Waals surface area contributed by atoms with Crippen molar-refractivity contribution < 1.29 is 14.6 Å². The van der Waals surface area contributed by atoms with E-state index in [2.05, 4.69) is 45.2 Å². The van der Waals surface area contributed by atoms with Crippen molar-refractivity contribution in [2.24, 2.45) is 0 Å². The standard InChI is InChI=1S/C16H12Cl4I2O2.C6H3Cl2IO/c17-9-3-5-11(15(21)13(9)19)23-7-1-2-8-24-12-6-4-10(18)14(20)16(12)22;7-3-1-2-4(10)6(9)5(3)8/h3-6H,1-2,7-8H2;1-2,10H. The lowest BCUT2D eigenvalue weighted by molar-refractivity contribution is 0.264. The SMILES string of the molecule is Clc1ccc(OCCCCOc2ccc(Cl)c(Cl)c2I)c(I)c1Cl.Oc1ccc(Cl)c(Cl)c1I. The number of halogens is 9. The van der Waals surface area contributed by atoms with Crippen LogP contribution in [0.15, 0.2) is 36.4 Å². The number of aromatic hydroxyl groups is 1. The van der Waals surface area contributed by atoms with E-state index in [1.54, 1.807) is 18.2 Å². The maximum atomic E-state index is 9.07. The molecule has 0 unspecified atom stereocenters. The number of unbranched alkanes of at least 4 members (excludes halogenated alkanes) is 1. The van der Waals surface area contributed by atoms with Crippen LogP contribution in [0.3, 0.4) is 0 Å². The van der Waals surface area contributed by atoms with Crippen molar-refractivity contribution in [3.63, 3.8) is 0 Å². The monoisotopic (exact) mass is 918 g/mol. The average Bonchev–Trinajstić information content (AvgIpc) is 2.82. The largest absolute Gasteiger partial charge is 0.507 e. The van der Waals surface area contributed by atoms with Gasteiger partial charge in [-0.2, -0.15) is 0 Å². The van der Waals surface area contributed by atoms with Crippen LogP contribution in [0.1, 0.15) is 12.8 Å². The molecule has 0 aromatic heterocycles. The Morgan fingerprint density at radius 2 is 0.912 bits per heavy atom. The Morgan fingerprint density at radius 3 is 1.29 bits per heavy atom. The predicted molar refractivity (Wildman–Crippen MR) is 169 cm³/mol. The summed E-state index contributed by atoms with van der Waals surface area (Å²) in [5, 5.41) is 12.0. The molecule has 0 atom stereocenters. The minimum Gasteiger partial charge on any atom is -0.507 e. The van der Waals surface area contributed by atoms with Crippen molar-refractivity contribution >= 4 is 137 Å². The smallest absolute Gasteiger partial charge is 0.134 e. The third kappa shape index (κ3) is 9.08. The molecule has 3 nitrogen and oxygen atoms in total. The molecule has 3 aromatic rings. The van der Waals surface area contributed by atoms with Crippen LogP contribution in [0.25, 0.3) is 0 Å². The predicted octanol–water partition coefficient (Wildman–Crippen LogP) is 11.1. The fourth-order valence-electron chi connectivity index (χ4n) is 2.32. The summed E-state index contributed by atoms with van der Waals surface area (Å²) < 4.78 is 13.7. The normalized spacial score (nSPS) is 10.5. The van der Waals surface area contributed by atoms with E-state index in [4.69, 9.17) is 84.2 Å². The number of hydrogen-bond donors (Lipinski definition) is 1. The molecule has 184 valence electrons. The molecular weight excluding hydrogens is 906 g/mol. The maximum Gasteiger partial charge on any atom is 0.134 e. The molecule has 0 radical (unpaired) electrons. The molecule has 0 bridgehead atoms. The summed E-state index contributed by atoms with van der Waals surface area (Å²) in [5.74, 6) is 1.64. The molecule has 34 heavy (non-hydrogen) atoms. The zero-order valence-corrected chi connectivity index (χ0v) is 28.0. The zero-order valence-electron chi connectivity index (χ0n) is 17.0. The van der Waals surface area contributed by atoms with Crippen LogP contribution in [0.5, 0.6) is 17.2 Å². The molecule has 0 saturated carbocycles. The first-order valence-electron chi connectivity index (χ1n) is 9.39. The number of rotatable bonds is 7. The van der Waals surface area contributed by atoms with Gasteiger partial charge in [0.15, 0.2) is 0 Å². The molecule has 3 aromatic carbocycles. The quantitative estimate of drug-likeness (QED) is 0.146. The van der Waals surface area contributed by atoms with Crippen LogP contribution in [0.4, 0.5) is 0 Å². The minimum absolute atomic E-state index is 0.162. The van der Waals surface area contributed by atoms with E-state index in [9.17, 15) is 0 Å². The Hall–Kier alpha value is 0.990. The fraction of sp³-hybridized carbons (Fsp3) is 0.182. The molecule has 12 heteroatoms. The maximum absolute atomic E-state index is 9.07. The lowest BCUT2D eigenvalue weighted by atomic mass is 10.3. The highest BCUT2D eigenvalue weighted by molar-refractivity contribution is 14.1. The Balaban J connectivity index is 0.000000340. The van der Waals surface area contributed by atoms with Gasteiger partial charge in [-0.05, 0) is 117 Å². The van der Waals surface area contributed by atoms with Crippen LogP contribution < -0.4 is 9.47 Å². The van der Waals surface area contributed by atoms with Gasteiger partial charge in [0.05, 0.1) is 54.1 Å². The van der Waals surface area contributed by atoms with Crippen LogP contribution >= 0.6 is 137 Å². The second-order valence-corrected chi connectivity index (χ2v) is 12.0. The Morgan fingerprint density at radius 1 is 0.559 bits per heavy atom. The third-order valence-electron chi connectivity index (χ3n) is 4.07. The van der Waals surface area contributed by atoms with Gasteiger partial charge in [-0.25, -0.2) is 0 Å². The molecule has 0 aliphatic carbocycles. The first-order chi connectivity index (χ1) is 16.0. The Labute approximate surface area is 269 Å². The highest BCUT2D eigenvalue weighted by Gasteiger charge is 2.10. The summed E-state index contributed by atoms with van der Waals surface area (Å²) in [4.78, 5) is 0. The van der Waals surface area contributed by atoms with Crippen LogP contribution in [-0.4, -0.2) is 18.3 Å². The van der Waals surface area contributed by atoms with Crippen molar-refractivity contribution in [1.29, 1.82) is 0 Å². The van der Waals surface area contributed by atoms with Crippen LogP contribution in [-0.2, 0) is 0 Å². The highest BCUT2D eigenvalue weighted by atomic mass is 127. The number of hydrogen-bond acceptors (Lipinski definition) is 3. The Kier molecular flexibility index (Phi) is 14.1. The van der Waals surface area contributed by atoms with E-state index in [1.165, 1.54) is 6.07 Å². The van der Waals surface area contributed by atoms with E-state index in [-0.39, 0.29) is 5.75 Å². The molecule has 0 aliphatic rings. The summed E-state index contributed by atoms with van der Waals surface area (Å²) in [6.45, 7) is 1.16. The van der Waals surface area contributed by atoms with Crippen LogP contribution in [0.2, 0.25) is 30.1 Å². The molecule has 0 aliphatic heterocycles. The van der Waals surface area contributed by atoms with Gasteiger partial charge in [0.2, 0.25) is 0 Å². The lowest BCUT2D eigenvalue weighted by Crippen LogP contribution is -2.04. The van der Waals surface area contributed by atoms with Gasteiger partial charge in [0, 0.05) is 0 Å². The molecule has 1 N–H and O–H groups in total. The topological polar surface area (TPSA) is 38.7 Å². The van der Waals surface area contributed by atoms with E-state index >= 15 is 0 Å². The van der Waals surface area contributed by atoms with Crippen LogP contribution in [0, 0.1) is 10.7 Å². The molecule has 0 heterocycles. The number of phenolic OH excluding ortho intramolecular Hbond substituents is 1. The fourth-order valence-corrected chi connectivity index (χ4v) is 5.47. The summed E-state index contributed by atoms with van der Waals surface area (Å²) in [6.07, 6.45) is 1.71. The summed E-state index contributed by atoms with van der Waals surface area (Å²) in [7, 11) is 0. The number of benzene rings is 3. The van der Waals surface area contributed by atoms with E-state index < -0.39 is 0 Å². The minimum atomic E-state index is 0.162. The molecule has 3 rings (SSSR count). The molecule has 0 spiro atoms. The first kappa shape index (κ1) is 31.2. The molecule has 0 amide bonds. The van der Waals surface area contributed by atoms with Gasteiger partial charge in [-0.15, -0.1) is 0 Å². The Bertz CT molecular complexity index is 1060. The zero-order chi connectivity index (χ0) is 25.4. The highest BCUT2D eigenvalue weighted by Crippen LogP contribution is 2.35. The van der Waals surface area contributed by atoms with Crippen molar-refractivity contribution in [2.75, 3.05) is 13.2 Å². The number of phenols is 1. The van der Waals surface area contributed by atoms with E-state index in [1.807, 2.05) is 34.7 Å². The van der Waals surface area contributed by atoms with Crippen molar-refractivity contribution in [3.8, 4) is 17.2 Å². The first-order valence-corrected chi connectivity index (χ1v) is 14.9. The second-order valence-electron chi connectivity index (χ2n) is 6.45. The van der Waals surface area contributed by atoms with Gasteiger partial charge >= 0.3 is 0 Å². The second kappa shape index (κ2) is 15.4. The average molecular weight is 921 g/mol. The number of ether oxygens (including phenoxy) is 2. The van der Waals surface area contributed by atoms with Gasteiger partial charge in [0.25, 0.3) is 0 Å². The molecule has 0 saturated heterocycles. The van der Waals surface area contributed by atoms with Gasteiger partial charge in [0.1, 0.15) is 17.2 Å². The van der Waals surface area contributed by atoms with Crippen molar-refractivity contribution in [2.45, 2.75) is 12.8 Å². The van der Waals surface area contributed by atoms with Crippen molar-refractivity contribution in [1.82, 2.24) is 0 Å². The molecular formula is C22H15Cl6I3O3. The summed E-state index contributed by atoms with van der Waals surface area (Å²) in [5.41, 5.74) is 0. The van der Waals surface area contributed by atoms with Gasteiger partial charge < -0.3 is 14.6 Å². The van der Waals surface area contributed by atoms with Gasteiger partial charge in [-0.1, -0.05) is 69.6 Å². The van der Waals surface area contributed by atoms with Gasteiger partial charge in [-0.3, -0.25) is 0 Å². The van der Waals surface area contributed by atoms with E-state index in [0.717, 1.165) is 31.5 Å². The summed E-state index contributed by atoms with van der Waals surface area (Å²) in [6, 6.07) is 10.2. The third-order valence-corrected chi connectivity index (χ3v) is 10.7. The summed E-state index contributed by atoms with van der Waals surface area (Å²) >= 11 is 41.6. The lowest BCUT2D eigenvalue weighted by Gasteiger charge is -2.11. The van der Waals surface area contributed by atoms with Crippen molar-refractivity contribution in [3.05, 3.63) is 77.2 Å².